The van der Waals surface area contributed by atoms with Crippen LogP contribution < -0.4 is 32.5 Å². The molecule has 10 rings (SSSR count). The minimum absolute atomic E-state index is 0.00128. The monoisotopic (exact) mass is 869 g/mol. The maximum absolute atomic E-state index is 11.0. The van der Waals surface area contributed by atoms with Gasteiger partial charge in [0.05, 0.1) is 11.6 Å². The number of phenols is 1. The van der Waals surface area contributed by atoms with Gasteiger partial charge < -0.3 is 15.3 Å². The van der Waals surface area contributed by atoms with E-state index in [1.165, 1.54) is 0 Å². The van der Waals surface area contributed by atoms with Crippen molar-refractivity contribution in [1.82, 2.24) is 15.5 Å². The van der Waals surface area contributed by atoms with Gasteiger partial charge >= 0.3 is 0 Å². The van der Waals surface area contributed by atoms with E-state index in [-0.39, 0.29) is 45.2 Å². The Balaban J connectivity index is 1.09. The lowest BCUT2D eigenvalue weighted by atomic mass is 9.66. The predicted octanol–water partition coefficient (Wildman–Crippen LogP) is 6.61. The first kappa shape index (κ1) is 43.8. The van der Waals surface area contributed by atoms with E-state index < -0.39 is 12.3 Å². The second kappa shape index (κ2) is 18.6. The average molecular weight is 869 g/mol. The standard InChI is InChI=1S/C56H39B4N7O/c1-67-55(37-18-9-4-10-19-37)65-54(45-46(57)48(59)49(60)50(68)47(45)58)66-56(67)43-23-12-11-22-41(43)42-29-28-40(31-44(42)35-14-5-2-6-15-35)53-63-51(36-16-7-3-8-17-36)62-52(64-53)39-21-13-20-38(30-39)34-26-24-33(32-61)25-27-34/h2-31,52-53,56,64,68H,1H3,(H,62,63). The summed E-state index contributed by atoms with van der Waals surface area (Å²) in [5, 5.41) is 27.9. The number of rotatable bonds is 9. The third-order valence-electron chi connectivity index (χ3n) is 12.5. The zero-order valence-corrected chi connectivity index (χ0v) is 37.0. The lowest BCUT2D eigenvalue weighted by Crippen LogP contribution is -2.48. The maximum Gasteiger partial charge on any atom is 0.158 e. The Kier molecular flexibility index (Phi) is 12.0. The van der Waals surface area contributed by atoms with Crippen LogP contribution in [0, 0.1) is 11.3 Å². The highest BCUT2D eigenvalue weighted by atomic mass is 16.3. The van der Waals surface area contributed by atoms with Crippen molar-refractivity contribution in [3.63, 3.8) is 0 Å². The predicted molar refractivity (Wildman–Crippen MR) is 278 cm³/mol. The van der Waals surface area contributed by atoms with Crippen LogP contribution in [0.25, 0.3) is 33.4 Å². The van der Waals surface area contributed by atoms with Gasteiger partial charge in [0.25, 0.3) is 0 Å². The van der Waals surface area contributed by atoms with E-state index in [1.807, 2.05) is 121 Å². The molecular formula is C56H39B4N7O. The van der Waals surface area contributed by atoms with Crippen molar-refractivity contribution in [2.24, 2.45) is 15.0 Å². The molecule has 0 aromatic heterocycles. The van der Waals surface area contributed by atoms with E-state index in [0.29, 0.717) is 11.4 Å². The summed E-state index contributed by atoms with van der Waals surface area (Å²) in [5.74, 6) is 1.22. The van der Waals surface area contributed by atoms with Crippen molar-refractivity contribution in [2.45, 2.75) is 18.5 Å². The quantitative estimate of drug-likeness (QED) is 0.142. The van der Waals surface area contributed by atoms with Gasteiger partial charge in [-0.1, -0.05) is 169 Å². The first-order valence-corrected chi connectivity index (χ1v) is 22.1. The molecule has 0 fully saturated rings. The van der Waals surface area contributed by atoms with Crippen LogP contribution in [0.3, 0.4) is 0 Å². The molecule has 0 saturated carbocycles. The molecule has 0 amide bonds. The van der Waals surface area contributed by atoms with Gasteiger partial charge in [-0.15, -0.1) is 5.46 Å². The van der Waals surface area contributed by atoms with Gasteiger partial charge in [-0.05, 0) is 74.2 Å². The number of nitriles is 1. The lowest BCUT2D eigenvalue weighted by Gasteiger charge is -2.35. The van der Waals surface area contributed by atoms with E-state index in [2.05, 4.69) is 89.5 Å². The molecular weight excluding hydrogens is 830 g/mol. The molecule has 0 spiro atoms. The summed E-state index contributed by atoms with van der Waals surface area (Å²) in [5.41, 5.74) is 11.4. The topological polar surface area (TPSA) is 108 Å². The third-order valence-corrected chi connectivity index (χ3v) is 12.5. The Morgan fingerprint density at radius 2 is 1.21 bits per heavy atom. The molecule has 2 heterocycles. The van der Waals surface area contributed by atoms with Gasteiger partial charge in [-0.3, -0.25) is 5.32 Å². The summed E-state index contributed by atoms with van der Waals surface area (Å²) in [6, 6.07) is 63.3. The number of amidine groups is 3. The number of benzene rings is 8. The normalized spacial score (nSPS) is 16.7. The van der Waals surface area contributed by atoms with E-state index in [1.54, 1.807) is 0 Å². The Morgan fingerprint density at radius 3 is 1.91 bits per heavy atom. The number of nitrogens with zero attached hydrogens (tertiary/aromatic N) is 5. The van der Waals surface area contributed by atoms with Crippen LogP contribution in [0.4, 0.5) is 0 Å². The summed E-state index contributed by atoms with van der Waals surface area (Å²) in [4.78, 5) is 17.5. The summed E-state index contributed by atoms with van der Waals surface area (Å²) >= 11 is 0. The van der Waals surface area contributed by atoms with E-state index >= 15 is 0 Å². The average Bonchev–Trinajstić information content (AvgIpc) is 3.40. The maximum atomic E-state index is 11.0. The van der Waals surface area contributed by atoms with Crippen LogP contribution in [0.15, 0.2) is 197 Å². The minimum Gasteiger partial charge on any atom is -0.509 e. The fraction of sp³-hybridized carbons (Fsp3) is 0.0714. The molecule has 8 aromatic carbocycles. The molecule has 0 bridgehead atoms. The van der Waals surface area contributed by atoms with Crippen LogP contribution >= 0.6 is 0 Å². The van der Waals surface area contributed by atoms with E-state index in [9.17, 15) is 10.4 Å². The fourth-order valence-electron chi connectivity index (χ4n) is 8.91. The molecule has 8 aromatic rings. The van der Waals surface area contributed by atoms with Gasteiger partial charge in [0, 0.05) is 29.3 Å². The molecule has 0 aliphatic carbocycles. The van der Waals surface area contributed by atoms with Crippen LogP contribution in [0.2, 0.25) is 0 Å². The summed E-state index contributed by atoms with van der Waals surface area (Å²) in [7, 11) is 27.5. The molecule has 8 radical (unpaired) electrons. The molecule has 316 valence electrons. The van der Waals surface area contributed by atoms with Crippen molar-refractivity contribution >= 4 is 70.7 Å². The van der Waals surface area contributed by atoms with Crippen molar-refractivity contribution in [3.8, 4) is 45.2 Å². The Hall–Kier alpha value is -8.12. The highest BCUT2D eigenvalue weighted by molar-refractivity contribution is 6.62. The third kappa shape index (κ3) is 8.34. The summed E-state index contributed by atoms with van der Waals surface area (Å²) < 4.78 is 0. The molecule has 8 nitrogen and oxygen atoms in total. The van der Waals surface area contributed by atoms with Crippen molar-refractivity contribution in [1.29, 1.82) is 5.26 Å². The number of nitrogens with one attached hydrogen (secondary N) is 2. The first-order chi connectivity index (χ1) is 33.2. The van der Waals surface area contributed by atoms with E-state index in [0.717, 1.165) is 67.0 Å². The van der Waals surface area contributed by atoms with Crippen molar-refractivity contribution in [2.75, 3.05) is 7.05 Å². The summed E-state index contributed by atoms with van der Waals surface area (Å²) in [6.07, 6.45) is -1.38. The Labute approximate surface area is 401 Å². The Morgan fingerprint density at radius 1 is 0.559 bits per heavy atom. The SMILES string of the molecule is [B]c1c([B])c(O)c([B])c(C2=NC(c3ccccc3-c3ccc(C4NC(c5ccccc5)=NC(c5cccc(-c6ccc(C#N)cc6)c5)N4)cc3-c3ccccc3)N(C)C(c3ccccc3)=N2)c1[B]. The van der Waals surface area contributed by atoms with Gasteiger partial charge in [-0.25, -0.2) is 15.0 Å². The molecule has 0 saturated heterocycles. The molecule has 2 aliphatic heterocycles. The van der Waals surface area contributed by atoms with Crippen molar-refractivity contribution < 1.29 is 5.11 Å². The van der Waals surface area contributed by atoms with Gasteiger partial charge in [-0.2, -0.15) is 5.26 Å². The molecule has 3 N–H and O–H groups in total. The molecule has 2 aliphatic rings. The van der Waals surface area contributed by atoms with Crippen LogP contribution in [0.1, 0.15) is 57.4 Å². The second-order valence-corrected chi connectivity index (χ2v) is 16.7. The second-order valence-electron chi connectivity index (χ2n) is 16.7. The largest absolute Gasteiger partial charge is 0.509 e. The zero-order valence-electron chi connectivity index (χ0n) is 37.0. The minimum atomic E-state index is -0.635. The van der Waals surface area contributed by atoms with Gasteiger partial charge in [0.2, 0.25) is 0 Å². The van der Waals surface area contributed by atoms with Gasteiger partial charge in [0.15, 0.2) is 12.0 Å². The number of aromatic hydroxyl groups is 1. The number of aliphatic imine (C=N–C) groups is 3. The van der Waals surface area contributed by atoms with Crippen LogP contribution in [-0.4, -0.2) is 65.9 Å². The highest BCUT2D eigenvalue weighted by Gasteiger charge is 2.32. The van der Waals surface area contributed by atoms with Crippen LogP contribution in [-0.2, 0) is 0 Å². The molecule has 3 atom stereocenters. The highest BCUT2D eigenvalue weighted by Crippen LogP contribution is 2.41. The Bertz CT molecular complexity index is 3310. The van der Waals surface area contributed by atoms with Crippen molar-refractivity contribution in [3.05, 3.63) is 221 Å². The molecule has 68 heavy (non-hydrogen) atoms. The molecule has 3 unspecified atom stereocenters. The number of hydrogen-bond acceptors (Lipinski definition) is 8. The lowest BCUT2D eigenvalue weighted by molar-refractivity contribution is 0.383. The van der Waals surface area contributed by atoms with Gasteiger partial charge in [0.1, 0.15) is 61.1 Å². The summed E-state index contributed by atoms with van der Waals surface area (Å²) in [6.45, 7) is 0. The smallest absolute Gasteiger partial charge is 0.158 e. The fourth-order valence-corrected chi connectivity index (χ4v) is 8.91. The number of phenolic OH excluding ortho intramolecular Hbond substituents is 1. The van der Waals surface area contributed by atoms with Crippen LogP contribution in [0.5, 0.6) is 5.75 Å². The van der Waals surface area contributed by atoms with E-state index in [4.69, 9.17) is 46.4 Å². The molecule has 12 heteroatoms. The first-order valence-electron chi connectivity index (χ1n) is 22.1. The number of hydrogen-bond donors (Lipinski definition) is 3. The zero-order chi connectivity index (χ0) is 46.9.